The van der Waals surface area contributed by atoms with Crippen molar-refractivity contribution in [2.75, 3.05) is 18.9 Å². The lowest BCUT2D eigenvalue weighted by atomic mass is 9.78. The van der Waals surface area contributed by atoms with Gasteiger partial charge in [-0.2, -0.15) is 13.2 Å². The van der Waals surface area contributed by atoms with Crippen LogP contribution < -0.4 is 5.73 Å². The first kappa shape index (κ1) is 16.3. The van der Waals surface area contributed by atoms with Crippen molar-refractivity contribution in [1.82, 2.24) is 0 Å². The van der Waals surface area contributed by atoms with Crippen molar-refractivity contribution in [3.8, 4) is 0 Å². The first-order valence-corrected chi connectivity index (χ1v) is 6.60. The van der Waals surface area contributed by atoms with Crippen LogP contribution in [0.3, 0.4) is 0 Å². The molecule has 0 aliphatic rings. The Morgan fingerprint density at radius 3 is 2.32 bits per heavy atom. The molecule has 1 atom stereocenters. The van der Waals surface area contributed by atoms with Crippen molar-refractivity contribution in [2.24, 2.45) is 5.73 Å². The lowest BCUT2D eigenvalue weighted by molar-refractivity contribution is -0.0329. The fourth-order valence-corrected chi connectivity index (χ4v) is 2.55. The molecule has 0 bridgehead atoms. The first-order valence-electron chi connectivity index (χ1n) is 5.61. The van der Waals surface area contributed by atoms with Gasteiger partial charge in [0.15, 0.2) is 0 Å². The van der Waals surface area contributed by atoms with Crippen molar-refractivity contribution in [2.45, 2.75) is 17.3 Å². The Kier molecular flexibility index (Phi) is 5.64. The van der Waals surface area contributed by atoms with Crippen molar-refractivity contribution in [3.05, 3.63) is 35.6 Å². The minimum atomic E-state index is -4.34. The number of alkyl halides is 3. The summed E-state index contributed by atoms with van der Waals surface area (Å²) in [4.78, 5) is 0. The van der Waals surface area contributed by atoms with Crippen molar-refractivity contribution in [3.63, 3.8) is 0 Å². The molecule has 1 aromatic carbocycles. The summed E-state index contributed by atoms with van der Waals surface area (Å²) in [6.45, 7) is -0.619. The van der Waals surface area contributed by atoms with E-state index in [1.54, 1.807) is 6.07 Å². The second-order valence-corrected chi connectivity index (χ2v) is 5.33. The smallest absolute Gasteiger partial charge is 0.395 e. The fourth-order valence-electron chi connectivity index (χ4n) is 1.83. The molecule has 1 aromatic rings. The van der Waals surface area contributed by atoms with E-state index in [1.807, 2.05) is 0 Å². The standard InChI is InChI=1S/C12H15F4NOS/c13-10-4-2-1-3-9(10)11(7-17,8-18)5-6-19-12(14,15)16/h1-4,18H,5-8,17H2. The Bertz CT molecular complexity index is 407. The predicted octanol–water partition coefficient (Wildman–Crippen LogP) is 2.66. The van der Waals surface area contributed by atoms with Gasteiger partial charge in [0, 0.05) is 17.7 Å². The average Bonchev–Trinajstić information content (AvgIpc) is 2.35. The fraction of sp³-hybridized carbons (Fsp3) is 0.500. The number of benzene rings is 1. The van der Waals surface area contributed by atoms with Crippen LogP contribution in [0.4, 0.5) is 17.6 Å². The van der Waals surface area contributed by atoms with Gasteiger partial charge >= 0.3 is 5.51 Å². The molecule has 0 amide bonds. The lowest BCUT2D eigenvalue weighted by Gasteiger charge is -2.31. The first-order chi connectivity index (χ1) is 8.84. The molecule has 7 heteroatoms. The molecule has 1 rings (SSSR count). The maximum atomic E-state index is 13.7. The van der Waals surface area contributed by atoms with E-state index in [9.17, 15) is 22.7 Å². The van der Waals surface area contributed by atoms with E-state index in [4.69, 9.17) is 5.73 Å². The van der Waals surface area contributed by atoms with Crippen LogP contribution in [0.2, 0.25) is 0 Å². The number of halogens is 4. The van der Waals surface area contributed by atoms with Crippen LogP contribution >= 0.6 is 11.8 Å². The van der Waals surface area contributed by atoms with Crippen molar-refractivity contribution < 1.29 is 22.7 Å². The Hall–Kier alpha value is -0.790. The van der Waals surface area contributed by atoms with Gasteiger partial charge in [0.05, 0.1) is 6.61 Å². The number of thioether (sulfide) groups is 1. The molecule has 108 valence electrons. The van der Waals surface area contributed by atoms with Crippen molar-refractivity contribution >= 4 is 11.8 Å². The molecular formula is C12H15F4NOS. The highest BCUT2D eigenvalue weighted by Gasteiger charge is 2.35. The summed E-state index contributed by atoms with van der Waals surface area (Å²) in [5, 5.41) is 9.45. The summed E-state index contributed by atoms with van der Waals surface area (Å²) in [6.07, 6.45) is -0.0505. The minimum Gasteiger partial charge on any atom is -0.395 e. The number of rotatable bonds is 6. The third-order valence-electron chi connectivity index (χ3n) is 2.98. The highest BCUT2D eigenvalue weighted by molar-refractivity contribution is 8.00. The molecule has 1 unspecified atom stereocenters. The Morgan fingerprint density at radius 1 is 1.21 bits per heavy atom. The largest absolute Gasteiger partial charge is 0.441 e. The SMILES string of the molecule is NCC(CO)(CCSC(F)(F)F)c1ccccc1F. The third kappa shape index (κ3) is 4.36. The van der Waals surface area contributed by atoms with E-state index in [0.717, 1.165) is 0 Å². The summed E-state index contributed by atoms with van der Waals surface area (Å²) >= 11 is -0.197. The zero-order valence-corrected chi connectivity index (χ0v) is 10.9. The van der Waals surface area contributed by atoms with Gasteiger partial charge < -0.3 is 10.8 Å². The number of aliphatic hydroxyl groups excluding tert-OH is 1. The Morgan fingerprint density at radius 2 is 1.84 bits per heavy atom. The van der Waals surface area contributed by atoms with Crippen LogP contribution in [0.15, 0.2) is 24.3 Å². The van der Waals surface area contributed by atoms with E-state index in [2.05, 4.69) is 0 Å². The molecule has 0 aliphatic carbocycles. The van der Waals surface area contributed by atoms with E-state index >= 15 is 0 Å². The highest BCUT2D eigenvalue weighted by Crippen LogP contribution is 2.35. The second-order valence-electron chi connectivity index (χ2n) is 4.17. The maximum Gasteiger partial charge on any atom is 0.441 e. The molecule has 0 aliphatic heterocycles. The van der Waals surface area contributed by atoms with Gasteiger partial charge in [0.2, 0.25) is 0 Å². The number of nitrogens with two attached hydrogens (primary N) is 1. The van der Waals surface area contributed by atoms with Gasteiger partial charge in [-0.25, -0.2) is 4.39 Å². The predicted molar refractivity (Wildman–Crippen MR) is 67.3 cm³/mol. The van der Waals surface area contributed by atoms with Crippen LogP contribution in [0, 0.1) is 5.82 Å². The molecule has 0 aromatic heterocycles. The molecular weight excluding hydrogens is 282 g/mol. The van der Waals surface area contributed by atoms with E-state index in [0.29, 0.717) is 0 Å². The molecule has 3 N–H and O–H groups in total. The zero-order valence-electron chi connectivity index (χ0n) is 10.1. The number of hydrogen-bond acceptors (Lipinski definition) is 3. The van der Waals surface area contributed by atoms with Gasteiger partial charge in [0.25, 0.3) is 0 Å². The molecule has 2 nitrogen and oxygen atoms in total. The topological polar surface area (TPSA) is 46.2 Å². The number of aliphatic hydroxyl groups is 1. The van der Waals surface area contributed by atoms with Crippen LogP contribution in [-0.2, 0) is 5.41 Å². The van der Waals surface area contributed by atoms with Gasteiger partial charge in [0.1, 0.15) is 5.82 Å². The van der Waals surface area contributed by atoms with Gasteiger partial charge in [-0.05, 0) is 18.1 Å². The van der Waals surface area contributed by atoms with Crippen LogP contribution in [-0.4, -0.2) is 29.5 Å². The van der Waals surface area contributed by atoms with Crippen LogP contribution in [0.5, 0.6) is 0 Å². The zero-order chi connectivity index (χ0) is 14.5. The highest BCUT2D eigenvalue weighted by atomic mass is 32.2. The Labute approximate surface area is 113 Å². The van der Waals surface area contributed by atoms with E-state index in [1.165, 1.54) is 18.2 Å². The summed E-state index contributed by atoms with van der Waals surface area (Å²) in [5.41, 5.74) is 0.188. The Balaban J connectivity index is 2.89. The molecule has 0 saturated carbocycles. The second kappa shape index (κ2) is 6.58. The minimum absolute atomic E-state index is 0.0505. The van der Waals surface area contributed by atoms with Gasteiger partial charge in [-0.3, -0.25) is 0 Å². The number of hydrogen-bond donors (Lipinski definition) is 2. The van der Waals surface area contributed by atoms with Gasteiger partial charge in [-0.1, -0.05) is 30.0 Å². The molecule has 0 fully saturated rings. The van der Waals surface area contributed by atoms with Crippen LogP contribution in [0.1, 0.15) is 12.0 Å². The third-order valence-corrected chi connectivity index (χ3v) is 3.72. The summed E-state index contributed by atoms with van der Waals surface area (Å²) < 4.78 is 50.1. The van der Waals surface area contributed by atoms with Gasteiger partial charge in [-0.15, -0.1) is 0 Å². The molecule has 0 saturated heterocycles. The van der Waals surface area contributed by atoms with E-state index < -0.39 is 23.3 Å². The van der Waals surface area contributed by atoms with Crippen molar-refractivity contribution in [1.29, 1.82) is 0 Å². The maximum absolute atomic E-state index is 13.7. The normalized spacial score (nSPS) is 15.3. The summed E-state index contributed by atoms with van der Waals surface area (Å²) in [7, 11) is 0. The molecule has 19 heavy (non-hydrogen) atoms. The summed E-state index contributed by atoms with van der Waals surface area (Å²) in [5.74, 6) is -0.853. The quantitative estimate of drug-likeness (QED) is 0.794. The average molecular weight is 297 g/mol. The monoisotopic (exact) mass is 297 g/mol. The lowest BCUT2D eigenvalue weighted by Crippen LogP contribution is -2.40. The molecule has 0 heterocycles. The molecule has 0 radical (unpaired) electrons. The van der Waals surface area contributed by atoms with E-state index in [-0.39, 0.29) is 36.0 Å². The molecule has 0 spiro atoms. The summed E-state index contributed by atoms with van der Waals surface area (Å²) in [6, 6.07) is 5.68. The van der Waals surface area contributed by atoms with Crippen LogP contribution in [0.25, 0.3) is 0 Å².